The molecule has 0 spiro atoms. The molecule has 2 fully saturated rings. The minimum Gasteiger partial charge on any atom is -0.381 e. The number of anilines is 1. The highest BCUT2D eigenvalue weighted by atomic mass is 35.5. The molecule has 1 aromatic heterocycles. The van der Waals surface area contributed by atoms with Gasteiger partial charge in [0.05, 0.1) is 10.4 Å². The number of rotatable bonds is 5. The number of nitrogens with zero attached hydrogens (tertiary/aromatic N) is 2. The molecule has 3 N–H and O–H groups in total. The third kappa shape index (κ3) is 4.88. The lowest BCUT2D eigenvalue weighted by Gasteiger charge is -2.40. The average molecular weight is 549 g/mol. The molecule has 3 heterocycles. The van der Waals surface area contributed by atoms with Crippen LogP contribution in [0.4, 0.5) is 18.9 Å². The van der Waals surface area contributed by atoms with E-state index in [0.717, 1.165) is 47.6 Å². The first kappa shape index (κ1) is 26.5. The van der Waals surface area contributed by atoms with Crippen molar-refractivity contribution in [2.24, 2.45) is 0 Å². The van der Waals surface area contributed by atoms with Gasteiger partial charge < -0.3 is 20.3 Å². The number of H-pyrrole nitrogens is 1. The third-order valence-electron chi connectivity index (χ3n) is 7.59. The van der Waals surface area contributed by atoms with Gasteiger partial charge in [-0.1, -0.05) is 41.9 Å². The van der Waals surface area contributed by atoms with E-state index in [4.69, 9.17) is 11.6 Å². The second-order valence-corrected chi connectivity index (χ2v) is 10.4. The number of hydrogen-bond acceptors (Lipinski definition) is 5. The molecule has 2 saturated heterocycles. The number of hydrogen-bond donors (Lipinski definition) is 3. The number of pyridine rings is 1. The molecule has 0 bridgehead atoms. The largest absolute Gasteiger partial charge is 0.430 e. The highest BCUT2D eigenvalue weighted by molar-refractivity contribution is 6.35. The van der Waals surface area contributed by atoms with Crippen LogP contribution >= 0.6 is 11.6 Å². The zero-order chi connectivity index (χ0) is 27.1. The predicted molar refractivity (Wildman–Crippen MR) is 139 cm³/mol. The Morgan fingerprint density at radius 3 is 2.45 bits per heavy atom. The monoisotopic (exact) mass is 548 g/mol. The van der Waals surface area contributed by atoms with Gasteiger partial charge in [-0.15, -0.1) is 0 Å². The van der Waals surface area contributed by atoms with Crippen LogP contribution in [0.15, 0.2) is 59.5 Å². The first-order valence-electron chi connectivity index (χ1n) is 12.5. The summed E-state index contributed by atoms with van der Waals surface area (Å²) in [4.78, 5) is 31.1. The van der Waals surface area contributed by atoms with E-state index in [-0.39, 0.29) is 30.7 Å². The second-order valence-electron chi connectivity index (χ2n) is 9.95. The van der Waals surface area contributed by atoms with Gasteiger partial charge >= 0.3 is 6.18 Å². The first-order chi connectivity index (χ1) is 18.1. The summed E-state index contributed by atoms with van der Waals surface area (Å²) in [5.74, 6) is -1.33. The Balaban J connectivity index is 1.21. The molecule has 2 atom stereocenters. The maximum atomic E-state index is 13.9. The van der Waals surface area contributed by atoms with Gasteiger partial charge in [-0.2, -0.15) is 13.2 Å². The zero-order valence-electron chi connectivity index (χ0n) is 20.5. The van der Waals surface area contributed by atoms with Crippen LogP contribution in [0.5, 0.6) is 0 Å². The maximum Gasteiger partial charge on any atom is 0.430 e. The van der Waals surface area contributed by atoms with Gasteiger partial charge in [-0.3, -0.25) is 14.5 Å². The Hall–Kier alpha value is -3.08. The van der Waals surface area contributed by atoms with E-state index in [0.29, 0.717) is 23.3 Å². The van der Waals surface area contributed by atoms with Crippen LogP contribution in [0.2, 0.25) is 5.02 Å². The number of halogens is 4. The van der Waals surface area contributed by atoms with E-state index in [1.54, 1.807) is 18.3 Å². The Bertz CT molecular complexity index is 1380. The van der Waals surface area contributed by atoms with Crippen LogP contribution in [0.25, 0.3) is 10.8 Å². The topological polar surface area (TPSA) is 88.7 Å². The van der Waals surface area contributed by atoms with Crippen LogP contribution in [0.1, 0.15) is 24.8 Å². The normalized spacial score (nSPS) is 21.0. The summed E-state index contributed by atoms with van der Waals surface area (Å²) in [6, 6.07) is 12.2. The molecule has 5 rings (SSSR count). The van der Waals surface area contributed by atoms with Crippen molar-refractivity contribution in [1.29, 1.82) is 0 Å². The lowest BCUT2D eigenvalue weighted by molar-refractivity contribution is -0.262. The molecule has 2 aliphatic heterocycles. The van der Waals surface area contributed by atoms with E-state index in [2.05, 4.69) is 15.2 Å². The summed E-state index contributed by atoms with van der Waals surface area (Å²) in [5, 5.41) is 15.7. The van der Waals surface area contributed by atoms with Gasteiger partial charge in [0.2, 0.25) is 0 Å². The lowest BCUT2D eigenvalue weighted by atomic mass is 9.90. The fraction of sp³-hybridized carbons (Fsp3) is 0.407. The molecular formula is C27H28ClF3N4O3. The number of aromatic amines is 1. The number of aromatic nitrogens is 1. The van der Waals surface area contributed by atoms with Crippen LogP contribution < -0.4 is 10.9 Å². The number of aliphatic hydroxyl groups is 1. The highest BCUT2D eigenvalue weighted by Crippen LogP contribution is 2.41. The minimum absolute atomic E-state index is 0.125. The van der Waals surface area contributed by atoms with Crippen molar-refractivity contribution in [2.75, 3.05) is 31.5 Å². The Morgan fingerprint density at radius 1 is 1.05 bits per heavy atom. The molecule has 3 aromatic rings. The van der Waals surface area contributed by atoms with Gasteiger partial charge in [0.1, 0.15) is 0 Å². The molecule has 0 aliphatic carbocycles. The van der Waals surface area contributed by atoms with Crippen molar-refractivity contribution in [3.8, 4) is 0 Å². The van der Waals surface area contributed by atoms with Gasteiger partial charge in [-0.25, -0.2) is 0 Å². The van der Waals surface area contributed by atoms with Crippen LogP contribution in [-0.2, 0) is 10.4 Å². The maximum absolute atomic E-state index is 13.9. The Morgan fingerprint density at radius 2 is 1.76 bits per heavy atom. The molecule has 2 unspecified atom stereocenters. The molecule has 0 radical (unpaired) electrons. The number of alkyl halides is 3. The summed E-state index contributed by atoms with van der Waals surface area (Å²) in [7, 11) is 0. The summed E-state index contributed by atoms with van der Waals surface area (Å²) in [6.07, 6.45) is -1.66. The van der Waals surface area contributed by atoms with E-state index in [1.165, 1.54) is 18.2 Å². The van der Waals surface area contributed by atoms with Crippen LogP contribution in [0, 0.1) is 0 Å². The summed E-state index contributed by atoms with van der Waals surface area (Å²) >= 11 is 6.35. The molecule has 2 aromatic carbocycles. The first-order valence-corrected chi connectivity index (χ1v) is 12.9. The standard InChI is InChI=1S/C27H28ClF3N4O3/c28-22-15-20(14-17-6-10-32-24(36)23(17)22)33-19-7-11-35(16-19)21-8-12-34(13-9-21)25(37)26(38,27(29,30)31)18-4-2-1-3-5-18/h1-6,10,14-15,19,21,33,38H,7-9,11-13,16H2,(H,32,36). The smallest absolute Gasteiger partial charge is 0.381 e. The fourth-order valence-corrected chi connectivity index (χ4v) is 5.90. The summed E-state index contributed by atoms with van der Waals surface area (Å²) in [6.45, 7) is 1.82. The summed E-state index contributed by atoms with van der Waals surface area (Å²) < 4.78 is 41.8. The molecule has 38 heavy (non-hydrogen) atoms. The van der Waals surface area contributed by atoms with E-state index < -0.39 is 23.2 Å². The van der Waals surface area contributed by atoms with E-state index >= 15 is 0 Å². The number of likely N-dealkylation sites (tertiary alicyclic amines) is 2. The van der Waals surface area contributed by atoms with Crippen molar-refractivity contribution in [1.82, 2.24) is 14.8 Å². The van der Waals surface area contributed by atoms with Gasteiger partial charge in [0.15, 0.2) is 0 Å². The molecule has 0 saturated carbocycles. The minimum atomic E-state index is -5.14. The van der Waals surface area contributed by atoms with Gasteiger partial charge in [-0.05, 0) is 42.8 Å². The third-order valence-corrected chi connectivity index (χ3v) is 7.89. The summed E-state index contributed by atoms with van der Waals surface area (Å²) in [5.41, 5.74) is -3.48. The van der Waals surface area contributed by atoms with E-state index in [9.17, 15) is 27.9 Å². The number of benzene rings is 2. The lowest BCUT2D eigenvalue weighted by Crippen LogP contribution is -2.58. The zero-order valence-corrected chi connectivity index (χ0v) is 21.2. The van der Waals surface area contributed by atoms with Gasteiger partial charge in [0.25, 0.3) is 17.1 Å². The second kappa shape index (κ2) is 10.2. The van der Waals surface area contributed by atoms with Crippen molar-refractivity contribution in [3.63, 3.8) is 0 Å². The molecule has 1 amide bonds. The Kier molecular flexibility index (Phi) is 7.15. The predicted octanol–water partition coefficient (Wildman–Crippen LogP) is 4.11. The number of nitrogens with one attached hydrogen (secondary N) is 2. The number of carbonyl (C=O) groups excluding carboxylic acids is 1. The van der Waals surface area contributed by atoms with Crippen LogP contribution in [-0.4, -0.2) is 70.2 Å². The number of carbonyl (C=O) groups is 1. The van der Waals surface area contributed by atoms with Crippen molar-refractivity contribution >= 4 is 34.0 Å². The Labute approximate surface area is 222 Å². The molecule has 7 nitrogen and oxygen atoms in total. The average Bonchev–Trinajstić information content (AvgIpc) is 3.36. The van der Waals surface area contributed by atoms with Crippen molar-refractivity contribution in [3.05, 3.63) is 75.7 Å². The number of fused-ring (bicyclic) bond motifs is 1. The molecule has 2 aliphatic rings. The van der Waals surface area contributed by atoms with E-state index in [1.807, 2.05) is 6.07 Å². The van der Waals surface area contributed by atoms with Crippen molar-refractivity contribution < 1.29 is 23.1 Å². The molecule has 11 heteroatoms. The number of piperidine rings is 1. The SMILES string of the molecule is O=C(N1CCC(N2CCC(Nc3cc(Cl)c4c(=O)[nH]ccc4c3)C2)CC1)C(O)(c1ccccc1)C(F)(F)F. The molecular weight excluding hydrogens is 521 g/mol. The fourth-order valence-electron chi connectivity index (χ4n) is 5.58. The molecule has 202 valence electrons. The van der Waals surface area contributed by atoms with Crippen LogP contribution in [0.3, 0.4) is 0 Å². The van der Waals surface area contributed by atoms with Crippen molar-refractivity contribution in [2.45, 2.75) is 43.1 Å². The highest BCUT2D eigenvalue weighted by Gasteiger charge is 2.62. The quantitative estimate of drug-likeness (QED) is 0.447. The number of amides is 1. The van der Waals surface area contributed by atoms with Gasteiger partial charge in [0, 0.05) is 55.7 Å².